The SMILES string of the molecule is CCCOc1c(Cl)cc(C(=O)N(C)Cc2ccccc2)cc1OCC. The first-order chi connectivity index (χ1) is 12.1. The molecule has 0 aromatic heterocycles. The van der Waals surface area contributed by atoms with E-state index < -0.39 is 0 Å². The van der Waals surface area contributed by atoms with Crippen LogP contribution in [-0.2, 0) is 6.54 Å². The van der Waals surface area contributed by atoms with E-state index >= 15 is 0 Å². The van der Waals surface area contributed by atoms with Crippen LogP contribution in [0.3, 0.4) is 0 Å². The van der Waals surface area contributed by atoms with Gasteiger partial charge in [0.25, 0.3) is 5.91 Å². The standard InChI is InChI=1S/C20H24ClNO3/c1-4-11-25-19-17(21)12-16(13-18(19)24-5-2)20(23)22(3)14-15-9-7-6-8-10-15/h6-10,12-13H,4-5,11,14H2,1-3H3. The van der Waals surface area contributed by atoms with Gasteiger partial charge in [-0.05, 0) is 31.0 Å². The first-order valence-electron chi connectivity index (χ1n) is 8.45. The summed E-state index contributed by atoms with van der Waals surface area (Å²) in [5, 5.41) is 0.385. The van der Waals surface area contributed by atoms with E-state index in [4.69, 9.17) is 21.1 Å². The molecule has 0 N–H and O–H groups in total. The van der Waals surface area contributed by atoms with Crippen molar-refractivity contribution < 1.29 is 14.3 Å². The molecule has 0 radical (unpaired) electrons. The van der Waals surface area contributed by atoms with Gasteiger partial charge in [0.05, 0.1) is 18.2 Å². The summed E-state index contributed by atoms with van der Waals surface area (Å²) < 4.78 is 11.3. The van der Waals surface area contributed by atoms with Gasteiger partial charge in [-0.2, -0.15) is 0 Å². The first kappa shape index (κ1) is 19.1. The van der Waals surface area contributed by atoms with Crippen molar-refractivity contribution in [1.82, 2.24) is 4.90 Å². The summed E-state index contributed by atoms with van der Waals surface area (Å²) in [5.74, 6) is 0.876. The maximum Gasteiger partial charge on any atom is 0.254 e. The largest absolute Gasteiger partial charge is 0.490 e. The lowest BCUT2D eigenvalue weighted by Gasteiger charge is -2.19. The van der Waals surface area contributed by atoms with Gasteiger partial charge < -0.3 is 14.4 Å². The zero-order valence-electron chi connectivity index (χ0n) is 14.9. The Morgan fingerprint density at radius 1 is 1.12 bits per heavy atom. The lowest BCUT2D eigenvalue weighted by atomic mass is 10.1. The minimum atomic E-state index is -0.117. The van der Waals surface area contributed by atoms with Crippen LogP contribution < -0.4 is 9.47 Å². The molecule has 5 heteroatoms. The van der Waals surface area contributed by atoms with E-state index in [1.807, 2.05) is 44.2 Å². The van der Waals surface area contributed by atoms with Crippen LogP contribution in [0.1, 0.15) is 36.2 Å². The number of halogens is 1. The zero-order chi connectivity index (χ0) is 18.2. The summed E-state index contributed by atoms with van der Waals surface area (Å²) in [7, 11) is 1.77. The van der Waals surface area contributed by atoms with Crippen molar-refractivity contribution in [2.45, 2.75) is 26.8 Å². The molecule has 0 aliphatic rings. The molecule has 0 aliphatic heterocycles. The highest BCUT2D eigenvalue weighted by atomic mass is 35.5. The maximum absolute atomic E-state index is 12.8. The number of rotatable bonds is 8. The van der Waals surface area contributed by atoms with Gasteiger partial charge in [-0.3, -0.25) is 4.79 Å². The molecule has 0 saturated carbocycles. The molecule has 0 spiro atoms. The molecular weight excluding hydrogens is 338 g/mol. The Balaban J connectivity index is 2.23. The molecule has 0 bridgehead atoms. The van der Waals surface area contributed by atoms with Gasteiger partial charge in [0.1, 0.15) is 0 Å². The minimum Gasteiger partial charge on any atom is -0.490 e. The third kappa shape index (κ3) is 5.13. The van der Waals surface area contributed by atoms with Crippen LogP contribution in [0.5, 0.6) is 11.5 Å². The summed E-state index contributed by atoms with van der Waals surface area (Å²) in [6, 6.07) is 13.2. The molecular formula is C20H24ClNO3. The molecule has 0 unspecified atom stereocenters. The van der Waals surface area contributed by atoms with Gasteiger partial charge >= 0.3 is 0 Å². The molecule has 1 amide bonds. The highest BCUT2D eigenvalue weighted by Gasteiger charge is 2.19. The number of hydrogen-bond donors (Lipinski definition) is 0. The Bertz CT molecular complexity index is 704. The van der Waals surface area contributed by atoms with Crippen molar-refractivity contribution in [3.8, 4) is 11.5 Å². The summed E-state index contributed by atoms with van der Waals surface area (Å²) in [6.07, 6.45) is 0.863. The van der Waals surface area contributed by atoms with E-state index in [0.717, 1.165) is 12.0 Å². The van der Waals surface area contributed by atoms with E-state index in [1.54, 1.807) is 24.1 Å². The van der Waals surface area contributed by atoms with Crippen LogP contribution in [0, 0.1) is 0 Å². The summed E-state index contributed by atoms with van der Waals surface area (Å²) in [5.41, 5.74) is 1.55. The first-order valence-corrected chi connectivity index (χ1v) is 8.83. The third-order valence-corrected chi connectivity index (χ3v) is 3.90. The van der Waals surface area contributed by atoms with Gasteiger partial charge in [0, 0.05) is 19.2 Å². The molecule has 0 fully saturated rings. The van der Waals surface area contributed by atoms with Gasteiger partial charge in [-0.25, -0.2) is 0 Å². The molecule has 2 rings (SSSR count). The predicted molar refractivity (Wildman–Crippen MR) is 101 cm³/mol. The Kier molecular flexibility index (Phi) is 7.14. The average molecular weight is 362 g/mol. The van der Waals surface area contributed by atoms with Crippen LogP contribution in [0.15, 0.2) is 42.5 Å². The van der Waals surface area contributed by atoms with E-state index in [1.165, 1.54) is 0 Å². The Morgan fingerprint density at radius 2 is 1.84 bits per heavy atom. The monoisotopic (exact) mass is 361 g/mol. The molecule has 0 atom stereocenters. The zero-order valence-corrected chi connectivity index (χ0v) is 15.7. The van der Waals surface area contributed by atoms with Crippen LogP contribution in [-0.4, -0.2) is 31.1 Å². The lowest BCUT2D eigenvalue weighted by Crippen LogP contribution is -2.26. The summed E-state index contributed by atoms with van der Waals surface area (Å²) in [4.78, 5) is 14.4. The normalized spacial score (nSPS) is 10.4. The number of carbonyl (C=O) groups excluding carboxylic acids is 1. The smallest absolute Gasteiger partial charge is 0.254 e. The van der Waals surface area contributed by atoms with Crippen molar-refractivity contribution in [2.75, 3.05) is 20.3 Å². The maximum atomic E-state index is 12.8. The summed E-state index contributed by atoms with van der Waals surface area (Å²) in [6.45, 7) is 5.44. The van der Waals surface area contributed by atoms with Crippen LogP contribution in [0.25, 0.3) is 0 Å². The van der Waals surface area contributed by atoms with Gasteiger partial charge in [-0.15, -0.1) is 0 Å². The molecule has 25 heavy (non-hydrogen) atoms. The molecule has 4 nitrogen and oxygen atoms in total. The molecule has 134 valence electrons. The molecule has 0 heterocycles. The number of carbonyl (C=O) groups is 1. The molecule has 0 saturated heterocycles. The van der Waals surface area contributed by atoms with Crippen molar-refractivity contribution in [1.29, 1.82) is 0 Å². The topological polar surface area (TPSA) is 38.8 Å². The van der Waals surface area contributed by atoms with Crippen LogP contribution in [0.2, 0.25) is 5.02 Å². The fourth-order valence-electron chi connectivity index (χ4n) is 2.45. The number of hydrogen-bond acceptors (Lipinski definition) is 3. The Hall–Kier alpha value is -2.20. The van der Waals surface area contributed by atoms with Crippen LogP contribution >= 0.6 is 11.6 Å². The van der Waals surface area contributed by atoms with E-state index in [0.29, 0.717) is 41.8 Å². The number of ether oxygens (including phenoxy) is 2. The van der Waals surface area contributed by atoms with Gasteiger partial charge in [0.2, 0.25) is 0 Å². The van der Waals surface area contributed by atoms with E-state index in [-0.39, 0.29) is 5.91 Å². The number of nitrogens with zero attached hydrogens (tertiary/aromatic N) is 1. The molecule has 2 aromatic rings. The fraction of sp³-hybridized carbons (Fsp3) is 0.350. The van der Waals surface area contributed by atoms with Crippen molar-refractivity contribution in [3.63, 3.8) is 0 Å². The Morgan fingerprint density at radius 3 is 2.48 bits per heavy atom. The van der Waals surface area contributed by atoms with Gasteiger partial charge in [0.15, 0.2) is 11.5 Å². The number of amides is 1. The summed E-state index contributed by atoms with van der Waals surface area (Å²) >= 11 is 6.34. The average Bonchev–Trinajstić information content (AvgIpc) is 2.61. The van der Waals surface area contributed by atoms with Crippen LogP contribution in [0.4, 0.5) is 0 Å². The van der Waals surface area contributed by atoms with Crippen molar-refractivity contribution >= 4 is 17.5 Å². The third-order valence-electron chi connectivity index (χ3n) is 3.62. The lowest BCUT2D eigenvalue weighted by molar-refractivity contribution is 0.0784. The van der Waals surface area contributed by atoms with E-state index in [9.17, 15) is 4.79 Å². The second-order valence-corrected chi connectivity index (χ2v) is 6.12. The highest BCUT2D eigenvalue weighted by molar-refractivity contribution is 6.32. The Labute approximate surface area is 154 Å². The number of benzene rings is 2. The van der Waals surface area contributed by atoms with Crippen molar-refractivity contribution in [3.05, 3.63) is 58.6 Å². The second kappa shape index (κ2) is 9.33. The minimum absolute atomic E-state index is 0.117. The highest BCUT2D eigenvalue weighted by Crippen LogP contribution is 2.37. The molecule has 2 aromatic carbocycles. The fourth-order valence-corrected chi connectivity index (χ4v) is 2.71. The quantitative estimate of drug-likeness (QED) is 0.678. The van der Waals surface area contributed by atoms with Crippen molar-refractivity contribution in [2.24, 2.45) is 0 Å². The predicted octanol–water partition coefficient (Wildman–Crippen LogP) is 4.80. The second-order valence-electron chi connectivity index (χ2n) is 5.71. The molecule has 0 aliphatic carbocycles. The van der Waals surface area contributed by atoms with Gasteiger partial charge in [-0.1, -0.05) is 48.9 Å². The van der Waals surface area contributed by atoms with E-state index in [2.05, 4.69) is 0 Å².